The summed E-state index contributed by atoms with van der Waals surface area (Å²) in [5, 5.41) is 3.31. The van der Waals surface area contributed by atoms with Crippen LogP contribution in [0.5, 0.6) is 0 Å². The number of benzene rings is 1. The van der Waals surface area contributed by atoms with E-state index in [2.05, 4.69) is 5.32 Å². The van der Waals surface area contributed by atoms with Gasteiger partial charge in [-0.25, -0.2) is 0 Å². The van der Waals surface area contributed by atoms with E-state index in [1.807, 2.05) is 35.2 Å². The fourth-order valence-electron chi connectivity index (χ4n) is 4.20. The number of ether oxygens (including phenoxy) is 1. The van der Waals surface area contributed by atoms with E-state index in [4.69, 9.17) is 4.74 Å². The molecule has 1 atom stereocenters. The van der Waals surface area contributed by atoms with Crippen LogP contribution in [0.25, 0.3) is 0 Å². The molecule has 0 saturated carbocycles. The van der Waals surface area contributed by atoms with Crippen molar-refractivity contribution < 1.29 is 14.3 Å². The van der Waals surface area contributed by atoms with Crippen molar-refractivity contribution in [2.24, 2.45) is 5.41 Å². The average molecular weight is 359 g/mol. The van der Waals surface area contributed by atoms with Crippen LogP contribution in [-0.4, -0.2) is 63.2 Å². The van der Waals surface area contributed by atoms with Crippen molar-refractivity contribution in [1.82, 2.24) is 10.2 Å². The molecule has 142 valence electrons. The molecular formula is C20H29N3O3. The number of carbonyl (C=O) groups is 2. The molecule has 2 saturated heterocycles. The molecule has 0 aromatic heterocycles. The molecule has 2 aliphatic rings. The first-order valence-electron chi connectivity index (χ1n) is 9.42. The van der Waals surface area contributed by atoms with Gasteiger partial charge in [-0.05, 0) is 50.9 Å². The zero-order valence-electron chi connectivity index (χ0n) is 15.7. The van der Waals surface area contributed by atoms with Gasteiger partial charge in [-0.2, -0.15) is 0 Å². The van der Waals surface area contributed by atoms with Gasteiger partial charge in [0.2, 0.25) is 11.8 Å². The van der Waals surface area contributed by atoms with Crippen LogP contribution in [0.3, 0.4) is 0 Å². The molecule has 0 radical (unpaired) electrons. The number of carbonyl (C=O) groups excluding carboxylic acids is 2. The summed E-state index contributed by atoms with van der Waals surface area (Å²) in [4.78, 5) is 29.9. The second kappa shape index (κ2) is 8.18. The molecule has 1 aromatic carbocycles. The molecule has 1 aromatic rings. The van der Waals surface area contributed by atoms with E-state index in [0.29, 0.717) is 19.6 Å². The van der Waals surface area contributed by atoms with Crippen LogP contribution >= 0.6 is 0 Å². The van der Waals surface area contributed by atoms with E-state index in [9.17, 15) is 9.59 Å². The summed E-state index contributed by atoms with van der Waals surface area (Å²) in [7, 11) is 3.42. The minimum absolute atomic E-state index is 0.0137. The maximum absolute atomic E-state index is 13.3. The van der Waals surface area contributed by atoms with Gasteiger partial charge in [-0.15, -0.1) is 0 Å². The van der Waals surface area contributed by atoms with Gasteiger partial charge in [-0.1, -0.05) is 18.2 Å². The summed E-state index contributed by atoms with van der Waals surface area (Å²) in [6, 6.07) is 9.30. The highest BCUT2D eigenvalue weighted by Crippen LogP contribution is 2.33. The smallest absolute Gasteiger partial charge is 0.249 e. The number of hydrogen-bond donors (Lipinski definition) is 1. The topological polar surface area (TPSA) is 61.9 Å². The highest BCUT2D eigenvalue weighted by Gasteiger charge is 2.45. The fraction of sp³-hybridized carbons (Fsp3) is 0.600. The average Bonchev–Trinajstić information content (AvgIpc) is 2.69. The third kappa shape index (κ3) is 3.62. The molecule has 2 amide bonds. The Morgan fingerprint density at radius 2 is 2.00 bits per heavy atom. The van der Waals surface area contributed by atoms with Gasteiger partial charge < -0.3 is 19.9 Å². The minimum atomic E-state index is -0.524. The SMILES string of the molecule is COCC1(C(=O)N(C)C2CCCN(c3ccccc3)C2=O)CCNCC1. The molecule has 1 unspecified atom stereocenters. The fourth-order valence-corrected chi connectivity index (χ4v) is 4.20. The highest BCUT2D eigenvalue weighted by molar-refractivity contribution is 6.00. The minimum Gasteiger partial charge on any atom is -0.384 e. The van der Waals surface area contributed by atoms with E-state index in [0.717, 1.165) is 38.0 Å². The largest absolute Gasteiger partial charge is 0.384 e. The summed E-state index contributed by atoms with van der Waals surface area (Å²) < 4.78 is 5.39. The number of anilines is 1. The van der Waals surface area contributed by atoms with Crippen molar-refractivity contribution >= 4 is 17.5 Å². The molecule has 0 spiro atoms. The summed E-state index contributed by atoms with van der Waals surface area (Å²) in [6.07, 6.45) is 3.09. The third-order valence-corrected chi connectivity index (χ3v) is 5.70. The first kappa shape index (κ1) is 18.9. The summed E-state index contributed by atoms with van der Waals surface area (Å²) in [6.45, 7) is 2.71. The molecular weight excluding hydrogens is 330 g/mol. The molecule has 6 heteroatoms. The quantitative estimate of drug-likeness (QED) is 0.869. The zero-order chi connectivity index (χ0) is 18.6. The Balaban J connectivity index is 1.78. The molecule has 2 heterocycles. The predicted octanol–water partition coefficient (Wildman–Crippen LogP) is 1.66. The van der Waals surface area contributed by atoms with E-state index in [-0.39, 0.29) is 11.8 Å². The Kier molecular flexibility index (Phi) is 5.94. The monoisotopic (exact) mass is 359 g/mol. The van der Waals surface area contributed by atoms with Crippen LogP contribution in [0.15, 0.2) is 30.3 Å². The van der Waals surface area contributed by atoms with Crippen molar-refractivity contribution in [1.29, 1.82) is 0 Å². The van der Waals surface area contributed by atoms with Gasteiger partial charge in [0.15, 0.2) is 0 Å². The molecule has 3 rings (SSSR count). The number of methoxy groups -OCH3 is 1. The van der Waals surface area contributed by atoms with Crippen molar-refractivity contribution in [3.05, 3.63) is 30.3 Å². The lowest BCUT2D eigenvalue weighted by molar-refractivity contribution is -0.152. The summed E-state index contributed by atoms with van der Waals surface area (Å²) >= 11 is 0. The Bertz CT molecular complexity index is 623. The van der Waals surface area contributed by atoms with Crippen LogP contribution in [0.1, 0.15) is 25.7 Å². The molecule has 26 heavy (non-hydrogen) atoms. The number of piperidine rings is 2. The van der Waals surface area contributed by atoms with Gasteiger partial charge in [0.05, 0.1) is 12.0 Å². The second-order valence-corrected chi connectivity index (χ2v) is 7.36. The van der Waals surface area contributed by atoms with Gasteiger partial charge in [0.25, 0.3) is 0 Å². The normalized spacial score (nSPS) is 22.9. The first-order chi connectivity index (χ1) is 12.6. The number of nitrogens with zero attached hydrogens (tertiary/aromatic N) is 2. The van der Waals surface area contributed by atoms with Crippen LogP contribution in [0, 0.1) is 5.41 Å². The van der Waals surface area contributed by atoms with Crippen LogP contribution in [0.4, 0.5) is 5.69 Å². The lowest BCUT2D eigenvalue weighted by Gasteiger charge is -2.43. The van der Waals surface area contributed by atoms with Crippen LogP contribution in [0.2, 0.25) is 0 Å². The molecule has 0 aliphatic carbocycles. The van der Waals surface area contributed by atoms with E-state index in [1.54, 1.807) is 19.1 Å². The van der Waals surface area contributed by atoms with Gasteiger partial charge >= 0.3 is 0 Å². The number of likely N-dealkylation sites (N-methyl/N-ethyl adjacent to an activating group) is 1. The van der Waals surface area contributed by atoms with E-state index < -0.39 is 11.5 Å². The molecule has 6 nitrogen and oxygen atoms in total. The Hall–Kier alpha value is -1.92. The van der Waals surface area contributed by atoms with E-state index in [1.165, 1.54) is 0 Å². The standard InChI is InChI=1S/C20H29N3O3/c1-22(19(25)20(15-26-2)10-12-21-13-11-20)17-9-6-14-23(18(17)24)16-7-4-3-5-8-16/h3-5,7-8,17,21H,6,9-15H2,1-2H3. The third-order valence-electron chi connectivity index (χ3n) is 5.70. The van der Waals surface area contributed by atoms with Gasteiger partial charge in [-0.3, -0.25) is 9.59 Å². The lowest BCUT2D eigenvalue weighted by atomic mass is 9.78. The lowest BCUT2D eigenvalue weighted by Crippen LogP contribution is -2.58. The Morgan fingerprint density at radius 3 is 2.65 bits per heavy atom. The Morgan fingerprint density at radius 1 is 1.31 bits per heavy atom. The van der Waals surface area contributed by atoms with Crippen molar-refractivity contribution in [3.8, 4) is 0 Å². The number of para-hydroxylation sites is 1. The number of hydrogen-bond acceptors (Lipinski definition) is 4. The van der Waals surface area contributed by atoms with Crippen molar-refractivity contribution in [2.45, 2.75) is 31.7 Å². The second-order valence-electron chi connectivity index (χ2n) is 7.36. The predicted molar refractivity (Wildman–Crippen MR) is 101 cm³/mol. The summed E-state index contributed by atoms with van der Waals surface area (Å²) in [5.74, 6) is 0.0499. The van der Waals surface area contributed by atoms with Gasteiger partial charge in [0.1, 0.15) is 6.04 Å². The number of nitrogens with one attached hydrogen (secondary N) is 1. The molecule has 2 aliphatic heterocycles. The van der Waals surface area contributed by atoms with Gasteiger partial charge in [0, 0.05) is 26.4 Å². The maximum Gasteiger partial charge on any atom is 0.249 e. The first-order valence-corrected chi connectivity index (χ1v) is 9.42. The Labute approximate surface area is 155 Å². The van der Waals surface area contributed by atoms with Crippen LogP contribution < -0.4 is 10.2 Å². The van der Waals surface area contributed by atoms with Crippen molar-refractivity contribution in [3.63, 3.8) is 0 Å². The van der Waals surface area contributed by atoms with Crippen LogP contribution in [-0.2, 0) is 14.3 Å². The van der Waals surface area contributed by atoms with Crippen molar-refractivity contribution in [2.75, 3.05) is 45.3 Å². The molecule has 2 fully saturated rings. The number of rotatable bonds is 5. The zero-order valence-corrected chi connectivity index (χ0v) is 15.7. The van der Waals surface area contributed by atoms with E-state index >= 15 is 0 Å². The highest BCUT2D eigenvalue weighted by atomic mass is 16.5. The summed E-state index contributed by atoms with van der Waals surface area (Å²) in [5.41, 5.74) is 0.376. The molecule has 1 N–H and O–H groups in total. The molecule has 0 bridgehead atoms. The maximum atomic E-state index is 13.3. The number of amides is 2.